The Morgan fingerprint density at radius 1 is 1.31 bits per heavy atom. The first kappa shape index (κ1) is 8.36. The normalized spacial score (nSPS) is 17.8. The largest absolute Gasteiger partial charge is 0.494 e. The molecule has 2 rings (SSSR count). The van der Waals surface area contributed by atoms with E-state index in [1.165, 1.54) is 18.4 Å². The molecule has 0 saturated heterocycles. The van der Waals surface area contributed by atoms with E-state index in [2.05, 4.69) is 30.8 Å². The van der Waals surface area contributed by atoms with Gasteiger partial charge in [0.25, 0.3) is 0 Å². The molecule has 1 aromatic rings. The zero-order chi connectivity index (χ0) is 9.10. The summed E-state index contributed by atoms with van der Waals surface area (Å²) in [5, 5.41) is 0. The molecular formula is C12H14O. The van der Waals surface area contributed by atoms with Gasteiger partial charge in [0.15, 0.2) is 0 Å². The molecule has 0 bridgehead atoms. The van der Waals surface area contributed by atoms with Crippen molar-refractivity contribution in [3.63, 3.8) is 0 Å². The average molecular weight is 174 g/mol. The van der Waals surface area contributed by atoms with Crippen LogP contribution in [0.2, 0.25) is 0 Å². The molecule has 1 aliphatic rings. The lowest BCUT2D eigenvalue weighted by molar-refractivity contribution is 0.125. The number of hydrogen-bond acceptors (Lipinski definition) is 1. The third kappa shape index (κ3) is 1.92. The second-order valence-electron chi connectivity index (χ2n) is 3.47. The van der Waals surface area contributed by atoms with E-state index in [-0.39, 0.29) is 6.10 Å². The maximum Gasteiger partial charge on any atom is 0.126 e. The number of benzene rings is 1. The van der Waals surface area contributed by atoms with Crippen LogP contribution in [0.3, 0.4) is 0 Å². The maximum absolute atomic E-state index is 5.52. The molecule has 1 aliphatic carbocycles. The van der Waals surface area contributed by atoms with E-state index in [9.17, 15) is 0 Å². The van der Waals surface area contributed by atoms with Gasteiger partial charge < -0.3 is 4.74 Å². The molecule has 0 aromatic heterocycles. The molecule has 1 heteroatoms. The van der Waals surface area contributed by atoms with Gasteiger partial charge in [-0.3, -0.25) is 0 Å². The van der Waals surface area contributed by atoms with E-state index in [1.807, 2.05) is 6.07 Å². The Balaban J connectivity index is 2.14. The maximum atomic E-state index is 5.52. The summed E-state index contributed by atoms with van der Waals surface area (Å²) in [6.07, 6.45) is 4.36. The van der Waals surface area contributed by atoms with Gasteiger partial charge in [-0.2, -0.15) is 0 Å². The molecular weight excluding hydrogens is 160 g/mol. The Labute approximate surface area is 79.0 Å². The molecule has 1 fully saturated rings. The first-order chi connectivity index (χ1) is 6.42. The van der Waals surface area contributed by atoms with Gasteiger partial charge in [-0.25, -0.2) is 0 Å². The fourth-order valence-corrected chi connectivity index (χ4v) is 1.61. The molecule has 0 amide bonds. The van der Waals surface area contributed by atoms with Crippen molar-refractivity contribution in [2.24, 2.45) is 5.92 Å². The average Bonchev–Trinajstić information content (AvgIpc) is 2.99. The molecule has 0 N–H and O–H groups in total. The predicted molar refractivity (Wildman–Crippen MR) is 53.2 cm³/mol. The molecule has 1 aromatic carbocycles. The fraction of sp³-hybridized carbons (Fsp3) is 0.333. The molecule has 13 heavy (non-hydrogen) atoms. The Morgan fingerprint density at radius 2 is 2.00 bits per heavy atom. The Morgan fingerprint density at radius 3 is 2.54 bits per heavy atom. The van der Waals surface area contributed by atoms with E-state index in [0.29, 0.717) is 5.92 Å². The summed E-state index contributed by atoms with van der Waals surface area (Å²) in [6, 6.07) is 10.4. The second kappa shape index (κ2) is 3.65. The molecule has 0 spiro atoms. The van der Waals surface area contributed by atoms with Crippen LogP contribution in [0, 0.1) is 5.92 Å². The fourth-order valence-electron chi connectivity index (χ4n) is 1.61. The van der Waals surface area contributed by atoms with Crippen molar-refractivity contribution >= 4 is 0 Å². The van der Waals surface area contributed by atoms with Crippen LogP contribution in [0.5, 0.6) is 0 Å². The van der Waals surface area contributed by atoms with Crippen molar-refractivity contribution < 1.29 is 4.74 Å². The van der Waals surface area contributed by atoms with Crippen LogP contribution >= 0.6 is 0 Å². The summed E-state index contributed by atoms with van der Waals surface area (Å²) in [7, 11) is 0. The first-order valence-electron chi connectivity index (χ1n) is 4.73. The van der Waals surface area contributed by atoms with Gasteiger partial charge in [0.05, 0.1) is 6.26 Å². The summed E-state index contributed by atoms with van der Waals surface area (Å²) in [6.45, 7) is 3.61. The summed E-state index contributed by atoms with van der Waals surface area (Å²) < 4.78 is 5.52. The van der Waals surface area contributed by atoms with Gasteiger partial charge in [0, 0.05) is 5.92 Å². The highest BCUT2D eigenvalue weighted by Gasteiger charge is 2.33. The van der Waals surface area contributed by atoms with Crippen molar-refractivity contribution in [2.75, 3.05) is 0 Å². The van der Waals surface area contributed by atoms with Gasteiger partial charge in [0.2, 0.25) is 0 Å². The van der Waals surface area contributed by atoms with E-state index < -0.39 is 0 Å². The highest BCUT2D eigenvalue weighted by atomic mass is 16.5. The number of hydrogen-bond donors (Lipinski definition) is 0. The number of ether oxygens (including phenoxy) is 1. The van der Waals surface area contributed by atoms with E-state index >= 15 is 0 Å². The third-order valence-electron chi connectivity index (χ3n) is 2.42. The highest BCUT2D eigenvalue weighted by Crippen LogP contribution is 2.43. The van der Waals surface area contributed by atoms with Crippen LogP contribution in [0.15, 0.2) is 43.2 Å². The van der Waals surface area contributed by atoms with Crippen LogP contribution in [-0.2, 0) is 4.74 Å². The van der Waals surface area contributed by atoms with Crippen LogP contribution < -0.4 is 0 Å². The van der Waals surface area contributed by atoms with Crippen LogP contribution in [0.4, 0.5) is 0 Å². The third-order valence-corrected chi connectivity index (χ3v) is 2.42. The smallest absolute Gasteiger partial charge is 0.126 e. The van der Waals surface area contributed by atoms with Gasteiger partial charge in [-0.1, -0.05) is 36.9 Å². The van der Waals surface area contributed by atoms with E-state index in [4.69, 9.17) is 4.74 Å². The van der Waals surface area contributed by atoms with Crippen molar-refractivity contribution in [3.8, 4) is 0 Å². The standard InChI is InChI=1S/C12H14O/c1-2-13-12(11-8-9-11)10-6-4-3-5-7-10/h2-7,11-12H,1,8-9H2. The first-order valence-corrected chi connectivity index (χ1v) is 4.73. The van der Waals surface area contributed by atoms with E-state index in [0.717, 1.165) is 0 Å². The van der Waals surface area contributed by atoms with Crippen LogP contribution in [0.1, 0.15) is 24.5 Å². The molecule has 1 nitrogen and oxygen atoms in total. The molecule has 1 saturated carbocycles. The Hall–Kier alpha value is -1.24. The SMILES string of the molecule is C=COC(c1ccccc1)C1CC1. The second-order valence-corrected chi connectivity index (χ2v) is 3.47. The van der Waals surface area contributed by atoms with Crippen molar-refractivity contribution in [2.45, 2.75) is 18.9 Å². The minimum atomic E-state index is 0.235. The quantitative estimate of drug-likeness (QED) is 0.636. The lowest BCUT2D eigenvalue weighted by atomic mass is 10.1. The lowest BCUT2D eigenvalue weighted by Gasteiger charge is -2.15. The van der Waals surface area contributed by atoms with Crippen LogP contribution in [-0.4, -0.2) is 0 Å². The summed E-state index contributed by atoms with van der Waals surface area (Å²) in [5.41, 5.74) is 1.27. The van der Waals surface area contributed by atoms with E-state index in [1.54, 1.807) is 6.26 Å². The molecule has 1 unspecified atom stereocenters. The van der Waals surface area contributed by atoms with Gasteiger partial charge in [0.1, 0.15) is 6.10 Å². The minimum absolute atomic E-state index is 0.235. The summed E-state index contributed by atoms with van der Waals surface area (Å²) in [4.78, 5) is 0. The van der Waals surface area contributed by atoms with Gasteiger partial charge in [-0.05, 0) is 18.4 Å². The van der Waals surface area contributed by atoms with Crippen molar-refractivity contribution in [3.05, 3.63) is 48.7 Å². The lowest BCUT2D eigenvalue weighted by Crippen LogP contribution is -2.02. The molecule has 0 heterocycles. The molecule has 0 aliphatic heterocycles. The van der Waals surface area contributed by atoms with Gasteiger partial charge >= 0.3 is 0 Å². The zero-order valence-corrected chi connectivity index (χ0v) is 7.65. The Kier molecular flexibility index (Phi) is 2.35. The molecule has 1 atom stereocenters. The monoisotopic (exact) mass is 174 g/mol. The summed E-state index contributed by atoms with van der Waals surface area (Å²) in [5.74, 6) is 0.709. The molecule has 68 valence electrons. The van der Waals surface area contributed by atoms with Crippen molar-refractivity contribution in [1.82, 2.24) is 0 Å². The zero-order valence-electron chi connectivity index (χ0n) is 7.65. The van der Waals surface area contributed by atoms with Crippen molar-refractivity contribution in [1.29, 1.82) is 0 Å². The topological polar surface area (TPSA) is 9.23 Å². The Bertz CT molecular complexity index is 274. The van der Waals surface area contributed by atoms with Gasteiger partial charge in [-0.15, -0.1) is 0 Å². The van der Waals surface area contributed by atoms with Crippen LogP contribution in [0.25, 0.3) is 0 Å². The molecule has 0 radical (unpaired) electrons. The highest BCUT2D eigenvalue weighted by molar-refractivity contribution is 5.19. The summed E-state index contributed by atoms with van der Waals surface area (Å²) >= 11 is 0. The minimum Gasteiger partial charge on any atom is -0.494 e. The number of rotatable bonds is 4. The predicted octanol–water partition coefficient (Wildman–Crippen LogP) is 3.30.